The first-order valence-electron chi connectivity index (χ1n) is 5.75. The molecule has 0 saturated carbocycles. The summed E-state index contributed by atoms with van der Waals surface area (Å²) < 4.78 is 9.31. The SMILES string of the molecule is CCC(Nc1cc(C(=O)OC)ccc1Cl)C(=O)OC. The molecule has 0 fully saturated rings. The number of esters is 2. The Morgan fingerprint density at radius 3 is 2.53 bits per heavy atom. The predicted octanol–water partition coefficient (Wildman–Crippen LogP) is 2.49. The zero-order valence-corrected chi connectivity index (χ0v) is 11.8. The highest BCUT2D eigenvalue weighted by atomic mass is 35.5. The minimum Gasteiger partial charge on any atom is -0.467 e. The van der Waals surface area contributed by atoms with Crippen LogP contribution in [0.3, 0.4) is 0 Å². The Balaban J connectivity index is 2.99. The van der Waals surface area contributed by atoms with Crippen LogP contribution in [0, 0.1) is 0 Å². The van der Waals surface area contributed by atoms with Gasteiger partial charge < -0.3 is 14.8 Å². The first-order chi connectivity index (χ1) is 9.03. The van der Waals surface area contributed by atoms with Crippen LogP contribution < -0.4 is 5.32 Å². The molecule has 0 aromatic heterocycles. The second-order valence-electron chi connectivity index (χ2n) is 3.81. The normalized spacial score (nSPS) is 11.6. The van der Waals surface area contributed by atoms with Crippen LogP contribution in [-0.4, -0.2) is 32.2 Å². The molecule has 1 unspecified atom stereocenters. The maximum absolute atomic E-state index is 11.5. The van der Waals surface area contributed by atoms with Crippen LogP contribution in [0.25, 0.3) is 0 Å². The van der Waals surface area contributed by atoms with Gasteiger partial charge in [0.05, 0.1) is 30.5 Å². The van der Waals surface area contributed by atoms with E-state index in [2.05, 4.69) is 14.8 Å². The van der Waals surface area contributed by atoms with Crippen molar-refractivity contribution in [2.24, 2.45) is 0 Å². The Morgan fingerprint density at radius 2 is 2.00 bits per heavy atom. The summed E-state index contributed by atoms with van der Waals surface area (Å²) in [5.41, 5.74) is 0.843. The summed E-state index contributed by atoms with van der Waals surface area (Å²) in [7, 11) is 2.62. The Labute approximate surface area is 116 Å². The summed E-state index contributed by atoms with van der Waals surface area (Å²) >= 11 is 6.03. The van der Waals surface area contributed by atoms with Crippen molar-refractivity contribution in [2.45, 2.75) is 19.4 Å². The van der Waals surface area contributed by atoms with Gasteiger partial charge in [0.1, 0.15) is 6.04 Å². The maximum atomic E-state index is 11.5. The monoisotopic (exact) mass is 285 g/mol. The van der Waals surface area contributed by atoms with E-state index >= 15 is 0 Å². The molecular weight excluding hydrogens is 270 g/mol. The topological polar surface area (TPSA) is 64.6 Å². The molecule has 0 bridgehead atoms. The molecule has 19 heavy (non-hydrogen) atoms. The number of nitrogens with one attached hydrogen (secondary N) is 1. The fraction of sp³-hybridized carbons (Fsp3) is 0.385. The molecule has 0 spiro atoms. The maximum Gasteiger partial charge on any atom is 0.337 e. The van der Waals surface area contributed by atoms with Gasteiger partial charge in [-0.25, -0.2) is 9.59 Å². The van der Waals surface area contributed by atoms with Gasteiger partial charge in [-0.3, -0.25) is 0 Å². The molecule has 1 N–H and O–H groups in total. The fourth-order valence-electron chi connectivity index (χ4n) is 1.54. The van der Waals surface area contributed by atoms with Gasteiger partial charge in [0.25, 0.3) is 0 Å². The zero-order chi connectivity index (χ0) is 14.4. The second-order valence-corrected chi connectivity index (χ2v) is 4.22. The largest absolute Gasteiger partial charge is 0.467 e. The lowest BCUT2D eigenvalue weighted by molar-refractivity contribution is -0.141. The van der Waals surface area contributed by atoms with E-state index in [0.717, 1.165) is 0 Å². The summed E-state index contributed by atoms with van der Waals surface area (Å²) in [6.07, 6.45) is 0.533. The van der Waals surface area contributed by atoms with Crippen LogP contribution in [0.15, 0.2) is 18.2 Å². The van der Waals surface area contributed by atoms with Gasteiger partial charge in [-0.15, -0.1) is 0 Å². The van der Waals surface area contributed by atoms with E-state index in [1.54, 1.807) is 18.2 Å². The van der Waals surface area contributed by atoms with Crippen LogP contribution in [0.4, 0.5) is 5.69 Å². The number of halogens is 1. The van der Waals surface area contributed by atoms with Crippen molar-refractivity contribution < 1.29 is 19.1 Å². The van der Waals surface area contributed by atoms with Crippen LogP contribution in [0.1, 0.15) is 23.7 Å². The molecule has 6 heteroatoms. The summed E-state index contributed by atoms with van der Waals surface area (Å²) in [6.45, 7) is 1.84. The summed E-state index contributed by atoms with van der Waals surface area (Å²) in [6, 6.07) is 4.15. The Morgan fingerprint density at radius 1 is 1.32 bits per heavy atom. The molecule has 1 atom stereocenters. The van der Waals surface area contributed by atoms with Crippen molar-refractivity contribution in [1.82, 2.24) is 0 Å². The van der Waals surface area contributed by atoms with E-state index < -0.39 is 12.0 Å². The van der Waals surface area contributed by atoms with Crippen molar-refractivity contribution in [1.29, 1.82) is 0 Å². The lowest BCUT2D eigenvalue weighted by Gasteiger charge is -2.17. The molecule has 0 amide bonds. The first kappa shape index (κ1) is 15.3. The van der Waals surface area contributed by atoms with Gasteiger partial charge in [0, 0.05) is 0 Å². The fourth-order valence-corrected chi connectivity index (χ4v) is 1.71. The van der Waals surface area contributed by atoms with Crippen LogP contribution in [-0.2, 0) is 14.3 Å². The highest BCUT2D eigenvalue weighted by Gasteiger charge is 2.18. The van der Waals surface area contributed by atoms with E-state index in [-0.39, 0.29) is 5.97 Å². The Bertz CT molecular complexity index is 476. The molecule has 1 aromatic rings. The van der Waals surface area contributed by atoms with E-state index in [9.17, 15) is 9.59 Å². The number of hydrogen-bond acceptors (Lipinski definition) is 5. The molecule has 104 valence electrons. The van der Waals surface area contributed by atoms with E-state index in [4.69, 9.17) is 11.6 Å². The number of ether oxygens (including phenoxy) is 2. The third-order valence-corrected chi connectivity index (χ3v) is 2.94. The van der Waals surface area contributed by atoms with Crippen LogP contribution in [0.5, 0.6) is 0 Å². The van der Waals surface area contributed by atoms with Crippen LogP contribution >= 0.6 is 11.6 Å². The molecule has 0 saturated heterocycles. The number of anilines is 1. The van der Waals surface area contributed by atoms with Crippen molar-refractivity contribution in [3.8, 4) is 0 Å². The summed E-state index contributed by atoms with van der Waals surface area (Å²) in [5.74, 6) is -0.854. The number of benzene rings is 1. The molecule has 0 aliphatic rings. The molecule has 0 aliphatic carbocycles. The minimum atomic E-state index is -0.518. The molecular formula is C13H16ClNO4. The number of carbonyl (C=O) groups is 2. The number of rotatable bonds is 5. The Kier molecular flexibility index (Phi) is 5.63. The highest BCUT2D eigenvalue weighted by molar-refractivity contribution is 6.33. The van der Waals surface area contributed by atoms with Crippen molar-refractivity contribution in [3.63, 3.8) is 0 Å². The molecule has 0 radical (unpaired) electrons. The van der Waals surface area contributed by atoms with Crippen molar-refractivity contribution in [2.75, 3.05) is 19.5 Å². The first-order valence-corrected chi connectivity index (χ1v) is 6.13. The summed E-state index contributed by atoms with van der Waals surface area (Å²) in [4.78, 5) is 23.0. The second kappa shape index (κ2) is 6.99. The highest BCUT2D eigenvalue weighted by Crippen LogP contribution is 2.24. The third kappa shape index (κ3) is 3.86. The average Bonchev–Trinajstić information content (AvgIpc) is 2.44. The average molecular weight is 286 g/mol. The standard InChI is InChI=1S/C13H16ClNO4/c1-4-10(13(17)19-3)15-11-7-8(12(16)18-2)5-6-9(11)14/h5-7,10,15H,4H2,1-3H3. The quantitative estimate of drug-likeness (QED) is 0.842. The minimum absolute atomic E-state index is 0.356. The molecule has 1 rings (SSSR count). The number of methoxy groups -OCH3 is 2. The van der Waals surface area contributed by atoms with Gasteiger partial charge in [-0.2, -0.15) is 0 Å². The molecule has 1 aromatic carbocycles. The lowest BCUT2D eigenvalue weighted by Crippen LogP contribution is -2.30. The van der Waals surface area contributed by atoms with Crippen molar-refractivity contribution in [3.05, 3.63) is 28.8 Å². The van der Waals surface area contributed by atoms with Gasteiger partial charge in [-0.1, -0.05) is 18.5 Å². The van der Waals surface area contributed by atoms with Gasteiger partial charge in [-0.05, 0) is 24.6 Å². The predicted molar refractivity (Wildman–Crippen MR) is 72.5 cm³/mol. The van der Waals surface area contributed by atoms with Crippen molar-refractivity contribution >= 4 is 29.2 Å². The molecule has 0 heterocycles. The van der Waals surface area contributed by atoms with E-state index in [1.807, 2.05) is 6.92 Å². The van der Waals surface area contributed by atoms with E-state index in [1.165, 1.54) is 14.2 Å². The summed E-state index contributed by atoms with van der Waals surface area (Å²) in [5, 5.41) is 3.36. The van der Waals surface area contributed by atoms with E-state index in [0.29, 0.717) is 22.7 Å². The lowest BCUT2D eigenvalue weighted by atomic mass is 10.1. The Hall–Kier alpha value is -1.75. The van der Waals surface area contributed by atoms with Gasteiger partial charge in [0.2, 0.25) is 0 Å². The zero-order valence-electron chi connectivity index (χ0n) is 11.0. The number of carbonyl (C=O) groups excluding carboxylic acids is 2. The van der Waals surface area contributed by atoms with Crippen LogP contribution in [0.2, 0.25) is 5.02 Å². The van der Waals surface area contributed by atoms with Gasteiger partial charge >= 0.3 is 11.9 Å². The smallest absolute Gasteiger partial charge is 0.337 e. The number of hydrogen-bond donors (Lipinski definition) is 1. The molecule has 0 aliphatic heterocycles. The third-order valence-electron chi connectivity index (χ3n) is 2.61. The molecule has 5 nitrogen and oxygen atoms in total. The van der Waals surface area contributed by atoms with Gasteiger partial charge in [0.15, 0.2) is 0 Å².